The molecule has 0 aliphatic carbocycles. The van der Waals surface area contributed by atoms with Crippen molar-refractivity contribution >= 4 is 98.1 Å². The lowest BCUT2D eigenvalue weighted by Crippen LogP contribution is -1.90. The topological polar surface area (TPSA) is 39.4 Å². The van der Waals surface area contributed by atoms with Crippen LogP contribution in [0.1, 0.15) is 0 Å². The van der Waals surface area contributed by atoms with Gasteiger partial charge in [-0.2, -0.15) is 0 Å². The number of hydrogen-bond donors (Lipinski definition) is 0. The zero-order chi connectivity index (χ0) is 33.2. The first-order valence-corrected chi connectivity index (χ1v) is 17.3. The van der Waals surface area contributed by atoms with Crippen molar-refractivity contribution in [1.29, 1.82) is 0 Å². The molecule has 0 N–H and O–H groups in total. The average Bonchev–Trinajstić information content (AvgIpc) is 3.87. The summed E-state index contributed by atoms with van der Waals surface area (Å²) in [6, 6.07) is 56.0. The van der Waals surface area contributed by atoms with Crippen molar-refractivity contribution in [1.82, 2.24) is 0 Å². The molecular weight excluding hydrogens is 625 g/mol. The van der Waals surface area contributed by atoms with E-state index in [2.05, 4.69) is 133 Å². The number of fused-ring (bicyclic) bond motifs is 14. The Bertz CT molecular complexity index is 3370. The highest BCUT2D eigenvalue weighted by Gasteiger charge is 2.20. The minimum atomic E-state index is 0.857. The van der Waals surface area contributed by atoms with Gasteiger partial charge >= 0.3 is 0 Å². The fraction of sp³-hybridized carbons (Fsp3) is 0. The van der Waals surface area contributed by atoms with E-state index in [1.807, 2.05) is 24.3 Å². The molecule has 0 aliphatic heterocycles. The molecule has 12 aromatic rings. The standard InChI is InChI=1S/C48H26O3/c1-3-13-35-33(11-1)44(34-12-2-4-14-36(34)45(35)29-19-21-32-30-9-5-7-15-40(30)49-43(32)26-29)28-20-24-42-39(25-28)38-23-18-27-17-22-37-31-10-6-8-16-41(31)50-47(37)46(27)48(38)51-42/h1-26H. The van der Waals surface area contributed by atoms with Gasteiger partial charge in [0.15, 0.2) is 0 Å². The normalized spacial score (nSPS) is 12.3. The maximum Gasteiger partial charge on any atom is 0.147 e. The van der Waals surface area contributed by atoms with Crippen LogP contribution in [0.2, 0.25) is 0 Å². The molecule has 0 amide bonds. The summed E-state index contributed by atoms with van der Waals surface area (Å²) in [7, 11) is 0. The van der Waals surface area contributed by atoms with Crippen LogP contribution in [0.5, 0.6) is 0 Å². The average molecular weight is 651 g/mol. The van der Waals surface area contributed by atoms with Crippen molar-refractivity contribution in [3.05, 3.63) is 158 Å². The SMILES string of the molecule is c1ccc2c(c1)oc1cc(-c3c4ccccc4c(-c4ccc5oc6c(ccc7ccc8c9ccccc9oc8c76)c5c4)c4ccccc34)ccc12. The number of furan rings is 3. The molecule has 0 bridgehead atoms. The second-order valence-corrected chi connectivity index (χ2v) is 13.5. The molecule has 0 atom stereocenters. The zero-order valence-corrected chi connectivity index (χ0v) is 27.2. The van der Waals surface area contributed by atoms with E-state index in [1.165, 1.54) is 32.7 Å². The van der Waals surface area contributed by atoms with Crippen molar-refractivity contribution in [2.24, 2.45) is 0 Å². The molecule has 0 saturated carbocycles. The Kier molecular flexibility index (Phi) is 5.23. The van der Waals surface area contributed by atoms with Crippen LogP contribution in [0.25, 0.3) is 120 Å². The van der Waals surface area contributed by atoms with Crippen molar-refractivity contribution in [2.45, 2.75) is 0 Å². The highest BCUT2D eigenvalue weighted by molar-refractivity contribution is 6.26. The quantitative estimate of drug-likeness (QED) is 0.175. The Morgan fingerprint density at radius 2 is 0.706 bits per heavy atom. The molecule has 9 aromatic carbocycles. The number of para-hydroxylation sites is 2. The molecule has 236 valence electrons. The summed E-state index contributed by atoms with van der Waals surface area (Å²) in [5.41, 5.74) is 9.99. The first kappa shape index (κ1) is 27.0. The summed E-state index contributed by atoms with van der Waals surface area (Å²) in [4.78, 5) is 0. The molecule has 51 heavy (non-hydrogen) atoms. The number of hydrogen-bond acceptors (Lipinski definition) is 3. The molecule has 3 heterocycles. The van der Waals surface area contributed by atoms with Gasteiger partial charge in [-0.15, -0.1) is 0 Å². The van der Waals surface area contributed by atoms with Crippen LogP contribution >= 0.6 is 0 Å². The van der Waals surface area contributed by atoms with Crippen LogP contribution in [0.4, 0.5) is 0 Å². The van der Waals surface area contributed by atoms with Crippen molar-refractivity contribution in [3.63, 3.8) is 0 Å². The van der Waals surface area contributed by atoms with E-state index in [1.54, 1.807) is 0 Å². The molecule has 0 radical (unpaired) electrons. The van der Waals surface area contributed by atoms with Crippen LogP contribution < -0.4 is 0 Å². The van der Waals surface area contributed by atoms with Gasteiger partial charge in [0.25, 0.3) is 0 Å². The fourth-order valence-electron chi connectivity index (χ4n) is 8.61. The molecule has 3 aromatic heterocycles. The van der Waals surface area contributed by atoms with Gasteiger partial charge in [-0.05, 0) is 97.7 Å². The molecule has 0 aliphatic rings. The molecule has 0 spiro atoms. The molecule has 0 fully saturated rings. The lowest BCUT2D eigenvalue weighted by molar-refractivity contribution is 0.663. The van der Waals surface area contributed by atoms with Gasteiger partial charge in [0.1, 0.15) is 33.5 Å². The van der Waals surface area contributed by atoms with E-state index in [9.17, 15) is 0 Å². The third-order valence-electron chi connectivity index (χ3n) is 10.8. The number of rotatable bonds is 2. The van der Waals surface area contributed by atoms with Crippen molar-refractivity contribution < 1.29 is 13.3 Å². The van der Waals surface area contributed by atoms with Crippen molar-refractivity contribution in [2.75, 3.05) is 0 Å². The fourth-order valence-corrected chi connectivity index (χ4v) is 8.61. The second kappa shape index (κ2) is 9.87. The lowest BCUT2D eigenvalue weighted by atomic mass is 9.85. The van der Waals surface area contributed by atoms with Gasteiger partial charge in [-0.3, -0.25) is 0 Å². The van der Waals surface area contributed by atoms with E-state index in [0.29, 0.717) is 0 Å². The highest BCUT2D eigenvalue weighted by Crippen LogP contribution is 2.47. The summed E-state index contributed by atoms with van der Waals surface area (Å²) in [5, 5.41) is 13.6. The predicted octanol–water partition coefficient (Wildman–Crippen LogP) is 14.2. The Morgan fingerprint density at radius 1 is 0.275 bits per heavy atom. The summed E-state index contributed by atoms with van der Waals surface area (Å²) in [6.07, 6.45) is 0. The highest BCUT2D eigenvalue weighted by atomic mass is 16.3. The maximum absolute atomic E-state index is 6.70. The summed E-state index contributed by atoms with van der Waals surface area (Å²) < 4.78 is 19.5. The molecular formula is C48H26O3. The van der Waals surface area contributed by atoms with E-state index in [0.717, 1.165) is 87.7 Å². The molecule has 3 heteroatoms. The molecule has 3 nitrogen and oxygen atoms in total. The van der Waals surface area contributed by atoms with E-state index in [4.69, 9.17) is 13.3 Å². The third kappa shape index (κ3) is 3.67. The molecule has 12 rings (SSSR count). The van der Waals surface area contributed by atoms with E-state index >= 15 is 0 Å². The monoisotopic (exact) mass is 650 g/mol. The summed E-state index contributed by atoms with van der Waals surface area (Å²) in [6.45, 7) is 0. The van der Waals surface area contributed by atoms with Crippen LogP contribution in [-0.4, -0.2) is 0 Å². The van der Waals surface area contributed by atoms with Gasteiger partial charge in [0.2, 0.25) is 0 Å². The minimum Gasteiger partial charge on any atom is -0.456 e. The Balaban J connectivity index is 1.12. The first-order chi connectivity index (χ1) is 25.3. The Hall–Kier alpha value is -6.84. The van der Waals surface area contributed by atoms with Crippen LogP contribution in [-0.2, 0) is 0 Å². The number of benzene rings is 9. The zero-order valence-electron chi connectivity index (χ0n) is 27.2. The van der Waals surface area contributed by atoms with Gasteiger partial charge < -0.3 is 13.3 Å². The van der Waals surface area contributed by atoms with Crippen molar-refractivity contribution in [3.8, 4) is 22.3 Å². The smallest absolute Gasteiger partial charge is 0.147 e. The van der Waals surface area contributed by atoms with Gasteiger partial charge in [-0.25, -0.2) is 0 Å². The summed E-state index contributed by atoms with van der Waals surface area (Å²) in [5.74, 6) is 0. The Labute approximate surface area is 290 Å². The van der Waals surface area contributed by atoms with Crippen LogP contribution in [0.3, 0.4) is 0 Å². The predicted molar refractivity (Wildman–Crippen MR) is 212 cm³/mol. The first-order valence-electron chi connectivity index (χ1n) is 17.3. The largest absolute Gasteiger partial charge is 0.456 e. The maximum atomic E-state index is 6.70. The second-order valence-electron chi connectivity index (χ2n) is 13.5. The van der Waals surface area contributed by atoms with E-state index < -0.39 is 0 Å². The summed E-state index contributed by atoms with van der Waals surface area (Å²) >= 11 is 0. The van der Waals surface area contributed by atoms with Gasteiger partial charge in [0, 0.05) is 32.3 Å². The van der Waals surface area contributed by atoms with Gasteiger partial charge in [-0.1, -0.05) is 109 Å². The van der Waals surface area contributed by atoms with Crippen LogP contribution in [0, 0.1) is 0 Å². The minimum absolute atomic E-state index is 0.857. The molecule has 0 unspecified atom stereocenters. The molecule has 0 saturated heterocycles. The van der Waals surface area contributed by atoms with Gasteiger partial charge in [0.05, 0.1) is 5.39 Å². The Morgan fingerprint density at radius 3 is 1.33 bits per heavy atom. The van der Waals surface area contributed by atoms with Crippen LogP contribution in [0.15, 0.2) is 171 Å². The third-order valence-corrected chi connectivity index (χ3v) is 10.8. The van der Waals surface area contributed by atoms with E-state index in [-0.39, 0.29) is 0 Å². The lowest BCUT2D eigenvalue weighted by Gasteiger charge is -2.17.